The van der Waals surface area contributed by atoms with Crippen LogP contribution < -0.4 is 0 Å². The van der Waals surface area contributed by atoms with Crippen LogP contribution in [0, 0.1) is 12.7 Å². The smallest absolute Gasteiger partial charge is 0.243 e. The Morgan fingerprint density at radius 3 is 2.67 bits per heavy atom. The Morgan fingerprint density at radius 2 is 2.14 bits per heavy atom. The van der Waals surface area contributed by atoms with Crippen LogP contribution in [0.5, 0.6) is 0 Å². The normalized spacial score (nSPS) is 23.0. The van der Waals surface area contributed by atoms with Crippen LogP contribution >= 0.6 is 11.6 Å². The van der Waals surface area contributed by atoms with Crippen molar-refractivity contribution in [2.24, 2.45) is 0 Å². The summed E-state index contributed by atoms with van der Waals surface area (Å²) in [5.41, 5.74) is 0.468. The first-order valence-electron chi connectivity index (χ1n) is 6.73. The van der Waals surface area contributed by atoms with E-state index >= 15 is 0 Å². The van der Waals surface area contributed by atoms with Crippen LogP contribution in [0.2, 0.25) is 0 Å². The minimum absolute atomic E-state index is 0.0668. The van der Waals surface area contributed by atoms with E-state index in [0.29, 0.717) is 13.0 Å². The Labute approximate surface area is 129 Å². The number of halogens is 2. The highest BCUT2D eigenvalue weighted by Gasteiger charge is 2.35. The second kappa shape index (κ2) is 6.20. The molecule has 118 valence electrons. The molecule has 1 aromatic carbocycles. The molecule has 21 heavy (non-hydrogen) atoms. The van der Waals surface area contributed by atoms with E-state index in [0.717, 1.165) is 0 Å². The standard InChI is InChI=1S/C14H19ClFNO3S/c1-9-6-12(7-11(8-15)14(9)16)21(18,19)17(3)13-4-5-20-10(13)2/h6-7,10,13H,4-5,8H2,1-3H3. The van der Waals surface area contributed by atoms with Gasteiger partial charge in [-0.1, -0.05) is 0 Å². The third-order valence-electron chi connectivity index (χ3n) is 3.93. The summed E-state index contributed by atoms with van der Waals surface area (Å²) in [5.74, 6) is -0.521. The van der Waals surface area contributed by atoms with E-state index in [9.17, 15) is 12.8 Å². The first-order valence-corrected chi connectivity index (χ1v) is 8.71. The summed E-state index contributed by atoms with van der Waals surface area (Å²) in [6.45, 7) is 3.93. The first kappa shape index (κ1) is 16.7. The van der Waals surface area contributed by atoms with Gasteiger partial charge in [0.1, 0.15) is 5.82 Å². The number of nitrogens with zero attached hydrogens (tertiary/aromatic N) is 1. The first-order chi connectivity index (χ1) is 9.78. The highest BCUT2D eigenvalue weighted by atomic mass is 35.5. The van der Waals surface area contributed by atoms with E-state index in [1.54, 1.807) is 0 Å². The molecule has 2 rings (SSSR count). The van der Waals surface area contributed by atoms with Crippen LogP contribution in [0.1, 0.15) is 24.5 Å². The summed E-state index contributed by atoms with van der Waals surface area (Å²) in [5, 5.41) is 0. The van der Waals surface area contributed by atoms with Gasteiger partial charge in [-0.05, 0) is 38.0 Å². The lowest BCUT2D eigenvalue weighted by molar-refractivity contribution is 0.102. The van der Waals surface area contributed by atoms with Crippen molar-refractivity contribution in [2.45, 2.75) is 43.2 Å². The zero-order valence-electron chi connectivity index (χ0n) is 12.3. The number of alkyl halides is 1. The highest BCUT2D eigenvalue weighted by Crippen LogP contribution is 2.27. The van der Waals surface area contributed by atoms with Crippen molar-refractivity contribution in [2.75, 3.05) is 13.7 Å². The summed E-state index contributed by atoms with van der Waals surface area (Å²) in [4.78, 5) is 0.0682. The molecule has 1 aliphatic heterocycles. The third kappa shape index (κ3) is 3.08. The molecule has 0 radical (unpaired) electrons. The monoisotopic (exact) mass is 335 g/mol. The minimum Gasteiger partial charge on any atom is -0.377 e. The lowest BCUT2D eigenvalue weighted by Gasteiger charge is -2.26. The average Bonchev–Trinajstić information content (AvgIpc) is 2.86. The van der Waals surface area contributed by atoms with E-state index < -0.39 is 15.8 Å². The predicted octanol–water partition coefficient (Wildman–Crippen LogP) is 2.67. The highest BCUT2D eigenvalue weighted by molar-refractivity contribution is 7.89. The lowest BCUT2D eigenvalue weighted by atomic mass is 10.1. The fraction of sp³-hybridized carbons (Fsp3) is 0.571. The molecular formula is C14H19ClFNO3S. The van der Waals surface area contributed by atoms with Crippen molar-refractivity contribution in [1.82, 2.24) is 4.31 Å². The van der Waals surface area contributed by atoms with Gasteiger partial charge in [-0.2, -0.15) is 4.31 Å². The van der Waals surface area contributed by atoms with Gasteiger partial charge in [0.2, 0.25) is 10.0 Å². The number of hydrogen-bond donors (Lipinski definition) is 0. The number of aryl methyl sites for hydroxylation is 1. The number of ether oxygens (including phenoxy) is 1. The van der Waals surface area contributed by atoms with Crippen LogP contribution in [-0.2, 0) is 20.6 Å². The second-order valence-corrected chi connectivity index (χ2v) is 7.56. The molecule has 1 fully saturated rings. The average molecular weight is 336 g/mol. The number of benzene rings is 1. The van der Waals surface area contributed by atoms with Crippen molar-refractivity contribution in [3.8, 4) is 0 Å². The number of rotatable bonds is 4. The number of hydrogen-bond acceptors (Lipinski definition) is 3. The number of sulfonamides is 1. The van der Waals surface area contributed by atoms with Crippen LogP contribution in [-0.4, -0.2) is 38.5 Å². The van der Waals surface area contributed by atoms with Gasteiger partial charge in [0, 0.05) is 19.2 Å². The largest absolute Gasteiger partial charge is 0.377 e. The molecule has 1 heterocycles. The molecule has 0 N–H and O–H groups in total. The SMILES string of the molecule is Cc1cc(S(=O)(=O)N(C)C2CCOC2C)cc(CCl)c1F. The summed E-state index contributed by atoms with van der Waals surface area (Å²) in [7, 11) is -2.17. The van der Waals surface area contributed by atoms with Crippen LogP contribution in [0.4, 0.5) is 4.39 Å². The van der Waals surface area contributed by atoms with Gasteiger partial charge < -0.3 is 4.74 Å². The zero-order valence-corrected chi connectivity index (χ0v) is 13.8. The lowest BCUT2D eigenvalue weighted by Crippen LogP contribution is -2.41. The Kier molecular flexibility index (Phi) is 4.92. The predicted molar refractivity (Wildman–Crippen MR) is 79.5 cm³/mol. The van der Waals surface area contributed by atoms with E-state index in [1.165, 1.54) is 30.4 Å². The van der Waals surface area contributed by atoms with Gasteiger partial charge in [0.15, 0.2) is 0 Å². The quantitative estimate of drug-likeness (QED) is 0.795. The van der Waals surface area contributed by atoms with Crippen molar-refractivity contribution >= 4 is 21.6 Å². The molecule has 2 unspecified atom stereocenters. The second-order valence-electron chi connectivity index (χ2n) is 5.30. The van der Waals surface area contributed by atoms with E-state index in [2.05, 4.69) is 0 Å². The van der Waals surface area contributed by atoms with Gasteiger partial charge in [-0.25, -0.2) is 12.8 Å². The van der Waals surface area contributed by atoms with E-state index in [-0.39, 0.29) is 34.0 Å². The van der Waals surface area contributed by atoms with Crippen molar-refractivity contribution < 1.29 is 17.5 Å². The molecule has 1 saturated heterocycles. The molecule has 0 saturated carbocycles. The molecule has 0 bridgehead atoms. The maximum absolute atomic E-state index is 13.8. The third-order valence-corrected chi connectivity index (χ3v) is 6.08. The molecule has 1 aromatic rings. The summed E-state index contributed by atoms with van der Waals surface area (Å²) in [6, 6.07) is 2.44. The summed E-state index contributed by atoms with van der Waals surface area (Å²) >= 11 is 5.69. The topological polar surface area (TPSA) is 46.6 Å². The maximum atomic E-state index is 13.8. The van der Waals surface area contributed by atoms with Gasteiger partial charge in [0.25, 0.3) is 0 Å². The van der Waals surface area contributed by atoms with Crippen LogP contribution in [0.15, 0.2) is 17.0 Å². The fourth-order valence-corrected chi connectivity index (χ4v) is 4.37. The molecule has 4 nitrogen and oxygen atoms in total. The molecule has 1 aliphatic rings. The van der Waals surface area contributed by atoms with Gasteiger partial charge in [-0.15, -0.1) is 11.6 Å². The molecule has 0 aliphatic carbocycles. The van der Waals surface area contributed by atoms with Gasteiger partial charge in [0.05, 0.1) is 22.9 Å². The van der Waals surface area contributed by atoms with Crippen LogP contribution in [0.3, 0.4) is 0 Å². The van der Waals surface area contributed by atoms with Gasteiger partial charge in [-0.3, -0.25) is 0 Å². The molecule has 2 atom stereocenters. The van der Waals surface area contributed by atoms with E-state index in [1.807, 2.05) is 6.92 Å². The Bertz CT molecular complexity index is 635. The van der Waals surface area contributed by atoms with Crippen molar-refractivity contribution in [3.05, 3.63) is 29.1 Å². The summed E-state index contributed by atoms with van der Waals surface area (Å²) < 4.78 is 46.0. The Hall–Kier alpha value is -0.690. The molecular weight excluding hydrogens is 317 g/mol. The fourth-order valence-electron chi connectivity index (χ4n) is 2.60. The van der Waals surface area contributed by atoms with Crippen molar-refractivity contribution in [1.29, 1.82) is 0 Å². The van der Waals surface area contributed by atoms with E-state index in [4.69, 9.17) is 16.3 Å². The van der Waals surface area contributed by atoms with Crippen molar-refractivity contribution in [3.63, 3.8) is 0 Å². The Morgan fingerprint density at radius 1 is 1.48 bits per heavy atom. The number of likely N-dealkylation sites (N-methyl/N-ethyl adjacent to an activating group) is 1. The molecule has 7 heteroatoms. The molecule has 0 aromatic heterocycles. The summed E-state index contributed by atoms with van der Waals surface area (Å²) in [6.07, 6.45) is 0.498. The minimum atomic E-state index is -3.70. The Balaban J connectivity index is 2.42. The zero-order chi connectivity index (χ0) is 15.8. The van der Waals surface area contributed by atoms with Gasteiger partial charge >= 0.3 is 0 Å². The van der Waals surface area contributed by atoms with Crippen LogP contribution in [0.25, 0.3) is 0 Å². The molecule has 0 amide bonds. The maximum Gasteiger partial charge on any atom is 0.243 e. The molecule has 0 spiro atoms.